The van der Waals surface area contributed by atoms with E-state index in [9.17, 15) is 18.0 Å². The summed E-state index contributed by atoms with van der Waals surface area (Å²) in [7, 11) is 0. The number of rotatable bonds is 3. The smallest absolute Gasteiger partial charge is 0.375 e. The van der Waals surface area contributed by atoms with Gasteiger partial charge in [-0.3, -0.25) is 4.79 Å². The Labute approximate surface area is 116 Å². The number of alkyl halides is 3. The number of hydrogen-bond acceptors (Lipinski definition) is 3. The van der Waals surface area contributed by atoms with Crippen molar-refractivity contribution < 1.29 is 22.7 Å². The minimum atomic E-state index is -4.23. The van der Waals surface area contributed by atoms with Gasteiger partial charge in [0.1, 0.15) is 0 Å². The van der Waals surface area contributed by atoms with E-state index in [1.54, 1.807) is 0 Å². The number of carbonyl (C=O) groups is 1. The summed E-state index contributed by atoms with van der Waals surface area (Å²) < 4.78 is 44.1. The maximum absolute atomic E-state index is 12.9. The zero-order chi connectivity index (χ0) is 14.6. The zero-order valence-electron chi connectivity index (χ0n) is 11.3. The number of ether oxygens (including phenoxy) is 1. The van der Waals surface area contributed by atoms with Crippen LogP contribution in [0.4, 0.5) is 13.2 Å². The molecule has 0 spiro atoms. The van der Waals surface area contributed by atoms with Crippen molar-refractivity contribution in [1.82, 2.24) is 10.6 Å². The molecule has 0 aromatic rings. The van der Waals surface area contributed by atoms with Crippen molar-refractivity contribution in [3.63, 3.8) is 0 Å². The highest BCUT2D eigenvalue weighted by Crippen LogP contribution is 2.37. The lowest BCUT2D eigenvalue weighted by Crippen LogP contribution is -2.49. The van der Waals surface area contributed by atoms with Gasteiger partial charge in [0.2, 0.25) is 5.91 Å². The average molecular weight is 294 g/mol. The van der Waals surface area contributed by atoms with Crippen LogP contribution in [0.1, 0.15) is 32.1 Å². The Morgan fingerprint density at radius 3 is 2.70 bits per heavy atom. The molecule has 0 aromatic heterocycles. The second-order valence-electron chi connectivity index (χ2n) is 5.51. The van der Waals surface area contributed by atoms with Gasteiger partial charge in [0.15, 0.2) is 0 Å². The molecule has 7 heteroatoms. The third-order valence-corrected chi connectivity index (χ3v) is 3.95. The molecular formula is C13H21F3N2O2. The third kappa shape index (κ3) is 4.34. The SMILES string of the molecule is O=C(CC1CNCCO1)NC1CCCCC1C(F)(F)F. The van der Waals surface area contributed by atoms with E-state index in [0.717, 1.165) is 13.0 Å². The Bertz CT molecular complexity index is 330. The molecular weight excluding hydrogens is 273 g/mol. The molecule has 0 bridgehead atoms. The van der Waals surface area contributed by atoms with Gasteiger partial charge in [0, 0.05) is 19.1 Å². The van der Waals surface area contributed by atoms with Gasteiger partial charge in [-0.15, -0.1) is 0 Å². The summed E-state index contributed by atoms with van der Waals surface area (Å²) in [6.45, 7) is 1.85. The Balaban J connectivity index is 1.84. The normalized spacial score (nSPS) is 31.9. The first-order chi connectivity index (χ1) is 9.47. The van der Waals surface area contributed by atoms with Crippen molar-refractivity contribution in [2.75, 3.05) is 19.7 Å². The van der Waals surface area contributed by atoms with Crippen molar-refractivity contribution in [3.8, 4) is 0 Å². The number of halogens is 3. The lowest BCUT2D eigenvalue weighted by Gasteiger charge is -2.34. The van der Waals surface area contributed by atoms with Crippen LogP contribution >= 0.6 is 0 Å². The maximum atomic E-state index is 12.9. The van der Waals surface area contributed by atoms with Crippen molar-refractivity contribution >= 4 is 5.91 Å². The molecule has 1 saturated heterocycles. The molecule has 1 aliphatic carbocycles. The summed E-state index contributed by atoms with van der Waals surface area (Å²) in [4.78, 5) is 11.9. The first kappa shape index (κ1) is 15.6. The van der Waals surface area contributed by atoms with E-state index in [2.05, 4.69) is 10.6 Å². The first-order valence-electron chi connectivity index (χ1n) is 7.15. The molecule has 1 aliphatic heterocycles. The summed E-state index contributed by atoms with van der Waals surface area (Å²) in [6, 6.07) is -0.784. The van der Waals surface area contributed by atoms with Crippen molar-refractivity contribution in [3.05, 3.63) is 0 Å². The summed E-state index contributed by atoms with van der Waals surface area (Å²) in [5.74, 6) is -1.76. The van der Waals surface area contributed by atoms with Gasteiger partial charge in [-0.05, 0) is 12.8 Å². The summed E-state index contributed by atoms with van der Waals surface area (Å²) in [6.07, 6.45) is -2.53. The third-order valence-electron chi connectivity index (χ3n) is 3.95. The maximum Gasteiger partial charge on any atom is 0.393 e. The Hall–Kier alpha value is -0.820. The number of amides is 1. The number of morpholine rings is 1. The molecule has 2 rings (SSSR count). The number of hydrogen-bond donors (Lipinski definition) is 2. The highest BCUT2D eigenvalue weighted by atomic mass is 19.4. The van der Waals surface area contributed by atoms with Gasteiger partial charge in [-0.1, -0.05) is 12.8 Å². The van der Waals surface area contributed by atoms with E-state index >= 15 is 0 Å². The molecule has 20 heavy (non-hydrogen) atoms. The van der Waals surface area contributed by atoms with Crippen LogP contribution in [0.2, 0.25) is 0 Å². The van der Waals surface area contributed by atoms with Crippen LogP contribution in [0, 0.1) is 5.92 Å². The topological polar surface area (TPSA) is 50.4 Å². The quantitative estimate of drug-likeness (QED) is 0.831. The summed E-state index contributed by atoms with van der Waals surface area (Å²) >= 11 is 0. The van der Waals surface area contributed by atoms with Crippen molar-refractivity contribution in [1.29, 1.82) is 0 Å². The van der Waals surface area contributed by atoms with Gasteiger partial charge in [0.05, 0.1) is 25.0 Å². The fourth-order valence-corrected chi connectivity index (χ4v) is 2.92. The van der Waals surface area contributed by atoms with Crippen LogP contribution in [0.25, 0.3) is 0 Å². The molecule has 1 heterocycles. The monoisotopic (exact) mass is 294 g/mol. The second-order valence-corrected chi connectivity index (χ2v) is 5.51. The van der Waals surface area contributed by atoms with Gasteiger partial charge in [-0.25, -0.2) is 0 Å². The largest absolute Gasteiger partial charge is 0.393 e. The molecule has 0 aromatic carbocycles. The minimum Gasteiger partial charge on any atom is -0.375 e. The van der Waals surface area contributed by atoms with Crippen LogP contribution in [-0.2, 0) is 9.53 Å². The highest BCUT2D eigenvalue weighted by Gasteiger charge is 2.45. The fraction of sp³-hybridized carbons (Fsp3) is 0.923. The molecule has 2 aliphatic rings. The molecule has 4 nitrogen and oxygen atoms in total. The van der Waals surface area contributed by atoms with Crippen molar-refractivity contribution in [2.45, 2.75) is 50.4 Å². The summed E-state index contributed by atoms with van der Waals surface area (Å²) in [5.41, 5.74) is 0. The van der Waals surface area contributed by atoms with Crippen LogP contribution in [0.5, 0.6) is 0 Å². The van der Waals surface area contributed by atoms with E-state index < -0.39 is 18.1 Å². The Morgan fingerprint density at radius 2 is 2.05 bits per heavy atom. The number of nitrogens with one attached hydrogen (secondary N) is 2. The molecule has 1 amide bonds. The summed E-state index contributed by atoms with van der Waals surface area (Å²) in [5, 5.41) is 5.65. The zero-order valence-corrected chi connectivity index (χ0v) is 11.3. The van der Waals surface area contributed by atoms with E-state index in [0.29, 0.717) is 26.0 Å². The van der Waals surface area contributed by atoms with Crippen LogP contribution in [-0.4, -0.2) is 43.9 Å². The molecule has 3 atom stereocenters. The fourth-order valence-electron chi connectivity index (χ4n) is 2.92. The van der Waals surface area contributed by atoms with E-state index in [1.807, 2.05) is 0 Å². The molecule has 1 saturated carbocycles. The molecule has 2 fully saturated rings. The highest BCUT2D eigenvalue weighted by molar-refractivity contribution is 5.76. The first-order valence-corrected chi connectivity index (χ1v) is 7.15. The predicted molar refractivity (Wildman–Crippen MR) is 67.2 cm³/mol. The van der Waals surface area contributed by atoms with Gasteiger partial charge in [-0.2, -0.15) is 13.2 Å². The minimum absolute atomic E-state index is 0.107. The molecule has 2 N–H and O–H groups in total. The van der Waals surface area contributed by atoms with Gasteiger partial charge >= 0.3 is 6.18 Å². The number of carbonyl (C=O) groups excluding carboxylic acids is 1. The van der Waals surface area contributed by atoms with E-state index in [1.165, 1.54) is 0 Å². The van der Waals surface area contributed by atoms with E-state index in [-0.39, 0.29) is 24.9 Å². The van der Waals surface area contributed by atoms with Crippen molar-refractivity contribution in [2.24, 2.45) is 5.92 Å². The molecule has 0 radical (unpaired) electrons. The standard InChI is InChI=1S/C13H21F3N2O2/c14-13(15,16)10-3-1-2-4-11(10)18-12(19)7-9-8-17-5-6-20-9/h9-11,17H,1-8H2,(H,18,19). The average Bonchev–Trinajstić information content (AvgIpc) is 2.39. The lowest BCUT2D eigenvalue weighted by atomic mass is 9.84. The predicted octanol–water partition coefficient (Wildman–Crippen LogP) is 1.60. The molecule has 3 unspecified atom stereocenters. The van der Waals surface area contributed by atoms with Crippen LogP contribution < -0.4 is 10.6 Å². The Kier molecular flexibility index (Phi) is 5.26. The lowest BCUT2D eigenvalue weighted by molar-refractivity contribution is -0.189. The van der Waals surface area contributed by atoms with Gasteiger partial charge < -0.3 is 15.4 Å². The Morgan fingerprint density at radius 1 is 1.30 bits per heavy atom. The van der Waals surface area contributed by atoms with E-state index in [4.69, 9.17) is 4.74 Å². The second kappa shape index (κ2) is 6.76. The van der Waals surface area contributed by atoms with Gasteiger partial charge in [0.25, 0.3) is 0 Å². The molecule has 116 valence electrons. The van der Waals surface area contributed by atoms with Crippen LogP contribution in [0.3, 0.4) is 0 Å². The van der Waals surface area contributed by atoms with Crippen LogP contribution in [0.15, 0.2) is 0 Å².